The Morgan fingerprint density at radius 1 is 1.00 bits per heavy atom. The minimum Gasteiger partial charge on any atom is -0.354 e. The summed E-state index contributed by atoms with van der Waals surface area (Å²) in [5, 5.41) is 2.96. The number of rotatable bonds is 12. The molecule has 5 heteroatoms. The van der Waals surface area contributed by atoms with Crippen molar-refractivity contribution in [1.82, 2.24) is 10.2 Å². The van der Waals surface area contributed by atoms with Gasteiger partial charge in [-0.2, -0.15) is 0 Å². The van der Waals surface area contributed by atoms with E-state index in [1.165, 1.54) is 5.56 Å². The lowest BCUT2D eigenvalue weighted by Gasteiger charge is -2.30. The highest BCUT2D eigenvalue weighted by Crippen LogP contribution is 2.19. The molecule has 0 saturated carbocycles. The number of benzene rings is 2. The van der Waals surface area contributed by atoms with Crippen molar-refractivity contribution in [2.75, 3.05) is 18.8 Å². The zero-order chi connectivity index (χ0) is 20.9. The van der Waals surface area contributed by atoms with Gasteiger partial charge in [0, 0.05) is 30.2 Å². The zero-order valence-corrected chi connectivity index (χ0v) is 18.3. The van der Waals surface area contributed by atoms with Crippen LogP contribution in [0.2, 0.25) is 0 Å². The van der Waals surface area contributed by atoms with Crippen LogP contribution in [0.25, 0.3) is 0 Å². The summed E-state index contributed by atoms with van der Waals surface area (Å²) >= 11 is 1.67. The van der Waals surface area contributed by atoms with Gasteiger partial charge in [0.1, 0.15) is 6.04 Å². The van der Waals surface area contributed by atoms with Gasteiger partial charge in [-0.1, -0.05) is 62.4 Å². The van der Waals surface area contributed by atoms with Crippen LogP contribution in [0.5, 0.6) is 0 Å². The summed E-state index contributed by atoms with van der Waals surface area (Å²) < 4.78 is 0. The Kier molecular flexibility index (Phi) is 10.4. The molecule has 29 heavy (non-hydrogen) atoms. The highest BCUT2D eigenvalue weighted by Gasteiger charge is 2.27. The van der Waals surface area contributed by atoms with E-state index < -0.39 is 6.04 Å². The van der Waals surface area contributed by atoms with Crippen LogP contribution in [0.4, 0.5) is 0 Å². The molecule has 0 aromatic heterocycles. The van der Waals surface area contributed by atoms with Crippen molar-refractivity contribution >= 4 is 23.6 Å². The third kappa shape index (κ3) is 7.94. The van der Waals surface area contributed by atoms with Crippen LogP contribution >= 0.6 is 11.8 Å². The van der Waals surface area contributed by atoms with Gasteiger partial charge in [0.2, 0.25) is 11.8 Å². The molecule has 0 bridgehead atoms. The minimum absolute atomic E-state index is 0.0443. The lowest BCUT2D eigenvalue weighted by Crippen LogP contribution is -2.50. The van der Waals surface area contributed by atoms with E-state index in [0.29, 0.717) is 31.7 Å². The van der Waals surface area contributed by atoms with E-state index in [0.717, 1.165) is 17.7 Å². The second kappa shape index (κ2) is 13.0. The smallest absolute Gasteiger partial charge is 0.242 e. The molecular weight excluding hydrogens is 380 g/mol. The van der Waals surface area contributed by atoms with Gasteiger partial charge in [-0.15, -0.1) is 11.8 Å². The molecule has 0 aliphatic heterocycles. The molecule has 156 valence electrons. The molecule has 0 aliphatic rings. The number of thioether (sulfide) groups is 1. The molecule has 0 radical (unpaired) electrons. The molecule has 0 fully saturated rings. The fourth-order valence-corrected chi connectivity index (χ4v) is 4.04. The van der Waals surface area contributed by atoms with Crippen molar-refractivity contribution in [3.05, 3.63) is 66.2 Å². The number of hydrogen-bond acceptors (Lipinski definition) is 3. The first-order valence-electron chi connectivity index (χ1n) is 10.4. The third-order valence-corrected chi connectivity index (χ3v) is 5.76. The van der Waals surface area contributed by atoms with Crippen LogP contribution in [0.3, 0.4) is 0 Å². The first kappa shape index (κ1) is 23.0. The Morgan fingerprint density at radius 3 is 2.28 bits per heavy atom. The number of nitrogens with one attached hydrogen (secondary N) is 1. The second-order valence-corrected chi connectivity index (χ2v) is 8.12. The predicted octanol–water partition coefficient (Wildman–Crippen LogP) is 4.54. The summed E-state index contributed by atoms with van der Waals surface area (Å²) in [7, 11) is 0. The Morgan fingerprint density at radius 2 is 1.66 bits per heavy atom. The van der Waals surface area contributed by atoms with Gasteiger partial charge < -0.3 is 10.2 Å². The Hall–Kier alpha value is -2.27. The maximum absolute atomic E-state index is 13.1. The largest absolute Gasteiger partial charge is 0.354 e. The van der Waals surface area contributed by atoms with E-state index in [9.17, 15) is 9.59 Å². The molecule has 1 N–H and O–H groups in total. The van der Waals surface area contributed by atoms with Crippen molar-refractivity contribution in [2.24, 2.45) is 0 Å². The third-order valence-electron chi connectivity index (χ3n) is 4.75. The normalized spacial score (nSPS) is 11.7. The van der Waals surface area contributed by atoms with Gasteiger partial charge >= 0.3 is 0 Å². The zero-order valence-electron chi connectivity index (χ0n) is 17.5. The van der Waals surface area contributed by atoms with E-state index in [2.05, 4.69) is 29.6 Å². The van der Waals surface area contributed by atoms with Gasteiger partial charge in [-0.25, -0.2) is 0 Å². The average Bonchev–Trinajstić information content (AvgIpc) is 2.76. The van der Waals surface area contributed by atoms with Gasteiger partial charge in [0.25, 0.3) is 0 Å². The van der Waals surface area contributed by atoms with Gasteiger partial charge in [-0.3, -0.25) is 9.59 Å². The summed E-state index contributed by atoms with van der Waals surface area (Å²) in [6, 6.07) is 19.8. The molecule has 0 spiro atoms. The highest BCUT2D eigenvalue weighted by molar-refractivity contribution is 7.99. The Labute approximate surface area is 179 Å². The average molecular weight is 413 g/mol. The Bertz CT molecular complexity index is 737. The van der Waals surface area contributed by atoms with Crippen LogP contribution in [-0.4, -0.2) is 41.6 Å². The van der Waals surface area contributed by atoms with Crippen LogP contribution < -0.4 is 5.32 Å². The molecule has 0 heterocycles. The van der Waals surface area contributed by atoms with Crippen molar-refractivity contribution in [1.29, 1.82) is 0 Å². The van der Waals surface area contributed by atoms with E-state index in [4.69, 9.17) is 0 Å². The standard InChI is InChI=1S/C24H32N2O2S/c1-3-17-25-24(28)22(4-2)26(18-15-20-11-7-5-8-12-20)23(27)16-19-29-21-13-9-6-10-14-21/h5-14,22H,3-4,15-19H2,1-2H3,(H,25,28)/t22-/m1/s1. The highest BCUT2D eigenvalue weighted by atomic mass is 32.2. The lowest BCUT2D eigenvalue weighted by atomic mass is 10.1. The van der Waals surface area contributed by atoms with Gasteiger partial charge in [0.15, 0.2) is 0 Å². The van der Waals surface area contributed by atoms with Crippen molar-refractivity contribution < 1.29 is 9.59 Å². The Balaban J connectivity index is 2.02. The van der Waals surface area contributed by atoms with Crippen molar-refractivity contribution in [3.8, 4) is 0 Å². The molecule has 0 unspecified atom stereocenters. The SMILES string of the molecule is CCCNC(=O)[C@@H](CC)N(CCc1ccccc1)C(=O)CCSc1ccccc1. The summed E-state index contributed by atoms with van der Waals surface area (Å²) in [5.41, 5.74) is 1.17. The molecule has 0 saturated heterocycles. The topological polar surface area (TPSA) is 49.4 Å². The minimum atomic E-state index is -0.417. The van der Waals surface area contributed by atoms with Crippen molar-refractivity contribution in [2.45, 2.75) is 50.5 Å². The summed E-state index contributed by atoms with van der Waals surface area (Å²) in [5.74, 6) is 0.701. The van der Waals surface area contributed by atoms with Crippen LogP contribution in [0.15, 0.2) is 65.6 Å². The predicted molar refractivity (Wildman–Crippen MR) is 121 cm³/mol. The summed E-state index contributed by atoms with van der Waals surface area (Å²) in [6.07, 6.45) is 2.66. The van der Waals surface area contributed by atoms with Crippen molar-refractivity contribution in [3.63, 3.8) is 0 Å². The summed E-state index contributed by atoms with van der Waals surface area (Å²) in [6.45, 7) is 5.19. The van der Waals surface area contributed by atoms with E-state index in [-0.39, 0.29) is 11.8 Å². The summed E-state index contributed by atoms with van der Waals surface area (Å²) in [4.78, 5) is 28.7. The quantitative estimate of drug-likeness (QED) is 0.521. The van der Waals surface area contributed by atoms with Gasteiger partial charge in [-0.05, 0) is 37.0 Å². The maximum Gasteiger partial charge on any atom is 0.242 e. The number of nitrogens with zero attached hydrogens (tertiary/aromatic N) is 1. The van der Waals surface area contributed by atoms with Crippen LogP contribution in [0, 0.1) is 0 Å². The fourth-order valence-electron chi connectivity index (χ4n) is 3.18. The second-order valence-electron chi connectivity index (χ2n) is 6.95. The molecule has 1 atom stereocenters. The lowest BCUT2D eigenvalue weighted by molar-refractivity contribution is -0.140. The molecule has 2 rings (SSSR count). The van der Waals surface area contributed by atoms with E-state index in [1.807, 2.05) is 50.2 Å². The number of hydrogen-bond donors (Lipinski definition) is 1. The fraction of sp³-hybridized carbons (Fsp3) is 0.417. The molecule has 0 aliphatic carbocycles. The van der Waals surface area contributed by atoms with E-state index >= 15 is 0 Å². The first-order valence-corrected chi connectivity index (χ1v) is 11.4. The monoisotopic (exact) mass is 412 g/mol. The van der Waals surface area contributed by atoms with Crippen LogP contribution in [-0.2, 0) is 16.0 Å². The molecule has 2 amide bonds. The number of amides is 2. The van der Waals surface area contributed by atoms with Crippen LogP contribution in [0.1, 0.15) is 38.7 Å². The molecule has 4 nitrogen and oxygen atoms in total. The molecule has 2 aromatic rings. The molecule has 2 aromatic carbocycles. The number of carbonyl (C=O) groups excluding carboxylic acids is 2. The van der Waals surface area contributed by atoms with E-state index in [1.54, 1.807) is 16.7 Å². The first-order chi connectivity index (χ1) is 14.2. The van der Waals surface area contributed by atoms with Gasteiger partial charge in [0.05, 0.1) is 0 Å². The molecular formula is C24H32N2O2S. The maximum atomic E-state index is 13.1. The number of carbonyl (C=O) groups is 2.